The van der Waals surface area contributed by atoms with E-state index in [4.69, 9.17) is 5.73 Å². The van der Waals surface area contributed by atoms with E-state index < -0.39 is 5.60 Å². The standard InChI is InChI=1S/C18H24N4O/c1-12-9-21-22-7-6-14(8-16(12)22)15(17(19)13-4-5-13)10-20-11-18(2,3)23/h6-10,13,23H,4-5,11,19H2,1-3H3/b17-15+,20-10?. The Kier molecular flexibility index (Phi) is 3.98. The van der Waals surface area contributed by atoms with Crippen molar-refractivity contribution in [2.24, 2.45) is 16.6 Å². The molecular weight excluding hydrogens is 288 g/mol. The Hall–Kier alpha value is -2.14. The molecule has 0 atom stereocenters. The Morgan fingerprint density at radius 3 is 2.91 bits per heavy atom. The van der Waals surface area contributed by atoms with Gasteiger partial charge in [-0.25, -0.2) is 4.52 Å². The first-order valence-electron chi connectivity index (χ1n) is 8.01. The molecule has 0 unspecified atom stereocenters. The van der Waals surface area contributed by atoms with Gasteiger partial charge >= 0.3 is 0 Å². The Balaban J connectivity index is 2.00. The van der Waals surface area contributed by atoms with Crippen molar-refractivity contribution in [3.05, 3.63) is 41.4 Å². The molecular formula is C18H24N4O. The van der Waals surface area contributed by atoms with E-state index >= 15 is 0 Å². The first-order valence-corrected chi connectivity index (χ1v) is 8.01. The summed E-state index contributed by atoms with van der Waals surface area (Å²) in [6, 6.07) is 4.11. The van der Waals surface area contributed by atoms with Crippen molar-refractivity contribution in [2.45, 2.75) is 39.2 Å². The van der Waals surface area contributed by atoms with Crippen molar-refractivity contribution in [1.82, 2.24) is 9.61 Å². The summed E-state index contributed by atoms with van der Waals surface area (Å²) in [5, 5.41) is 14.1. The summed E-state index contributed by atoms with van der Waals surface area (Å²) in [5.41, 5.74) is 10.6. The number of rotatable bonds is 5. The van der Waals surface area contributed by atoms with Crippen molar-refractivity contribution in [3.63, 3.8) is 0 Å². The molecule has 5 heteroatoms. The van der Waals surface area contributed by atoms with Gasteiger partial charge in [0.1, 0.15) is 0 Å². The Bertz CT molecular complexity index is 776. The summed E-state index contributed by atoms with van der Waals surface area (Å²) < 4.78 is 1.86. The van der Waals surface area contributed by atoms with Gasteiger partial charge in [0.05, 0.1) is 23.9 Å². The Labute approximate surface area is 136 Å². The minimum absolute atomic E-state index is 0.350. The SMILES string of the molecule is Cc1cnn2ccc(/C(C=NCC(C)(C)O)=C(/N)C3CC3)cc12. The number of hydrogen-bond acceptors (Lipinski definition) is 4. The summed E-state index contributed by atoms with van der Waals surface area (Å²) in [6.07, 6.45) is 7.89. The predicted octanol–water partition coefficient (Wildman–Crippen LogP) is 2.56. The second-order valence-corrected chi connectivity index (χ2v) is 7.00. The highest BCUT2D eigenvalue weighted by atomic mass is 16.3. The largest absolute Gasteiger partial charge is 0.401 e. The predicted molar refractivity (Wildman–Crippen MR) is 93.4 cm³/mol. The summed E-state index contributed by atoms with van der Waals surface area (Å²) in [5.74, 6) is 0.459. The second kappa shape index (κ2) is 5.81. The molecule has 23 heavy (non-hydrogen) atoms. The molecule has 0 aromatic carbocycles. The lowest BCUT2D eigenvalue weighted by atomic mass is 10.0. The van der Waals surface area contributed by atoms with Crippen molar-refractivity contribution in [3.8, 4) is 0 Å². The number of nitrogens with zero attached hydrogens (tertiary/aromatic N) is 3. The molecule has 1 saturated carbocycles. The number of aliphatic imine (C=N–C) groups is 1. The maximum absolute atomic E-state index is 9.84. The normalized spacial score (nSPS) is 17.0. The highest BCUT2D eigenvalue weighted by Gasteiger charge is 2.26. The lowest BCUT2D eigenvalue weighted by Gasteiger charge is -2.14. The molecule has 122 valence electrons. The van der Waals surface area contributed by atoms with E-state index in [9.17, 15) is 5.11 Å². The number of fused-ring (bicyclic) bond motifs is 1. The van der Waals surface area contributed by atoms with E-state index in [0.29, 0.717) is 12.5 Å². The number of nitrogens with two attached hydrogens (primary N) is 1. The molecule has 3 N–H and O–H groups in total. The van der Waals surface area contributed by atoms with Crippen molar-refractivity contribution in [2.75, 3.05) is 6.54 Å². The van der Waals surface area contributed by atoms with Crippen LogP contribution in [0.1, 0.15) is 37.8 Å². The first-order chi connectivity index (χ1) is 10.8. The topological polar surface area (TPSA) is 75.9 Å². The van der Waals surface area contributed by atoms with Gasteiger partial charge in [0.15, 0.2) is 0 Å². The highest BCUT2D eigenvalue weighted by Crippen LogP contribution is 2.37. The van der Waals surface area contributed by atoms with Gasteiger partial charge in [-0.15, -0.1) is 0 Å². The van der Waals surface area contributed by atoms with Gasteiger partial charge in [0.25, 0.3) is 0 Å². The summed E-state index contributed by atoms with van der Waals surface area (Å²) in [7, 11) is 0. The first kappa shape index (κ1) is 15.7. The van der Waals surface area contributed by atoms with Crippen LogP contribution in [0.5, 0.6) is 0 Å². The van der Waals surface area contributed by atoms with E-state index in [2.05, 4.69) is 16.2 Å². The molecule has 0 amide bonds. The summed E-state index contributed by atoms with van der Waals surface area (Å²) in [6.45, 7) is 5.89. The fourth-order valence-corrected chi connectivity index (χ4v) is 2.56. The van der Waals surface area contributed by atoms with Crippen molar-refractivity contribution in [1.29, 1.82) is 0 Å². The van der Waals surface area contributed by atoms with Gasteiger partial charge in [0, 0.05) is 23.7 Å². The third kappa shape index (κ3) is 3.62. The molecule has 2 aromatic rings. The Morgan fingerprint density at radius 2 is 2.26 bits per heavy atom. The number of aromatic nitrogens is 2. The lowest BCUT2D eigenvalue weighted by Crippen LogP contribution is -2.22. The third-order valence-corrected chi connectivity index (χ3v) is 4.05. The van der Waals surface area contributed by atoms with Crippen LogP contribution in [0, 0.1) is 12.8 Å². The van der Waals surface area contributed by atoms with Gasteiger partial charge in [-0.1, -0.05) is 0 Å². The molecule has 0 bridgehead atoms. The molecule has 0 spiro atoms. The van der Waals surface area contributed by atoms with Gasteiger partial charge in [0.2, 0.25) is 0 Å². The summed E-state index contributed by atoms with van der Waals surface area (Å²) >= 11 is 0. The van der Waals surface area contributed by atoms with E-state index in [1.54, 1.807) is 13.8 Å². The van der Waals surface area contributed by atoms with Crippen LogP contribution in [-0.2, 0) is 0 Å². The van der Waals surface area contributed by atoms with Crippen LogP contribution in [0.15, 0.2) is 35.2 Å². The molecule has 1 aliphatic rings. The van der Waals surface area contributed by atoms with Crippen LogP contribution in [0.25, 0.3) is 11.1 Å². The van der Waals surface area contributed by atoms with E-state index in [-0.39, 0.29) is 0 Å². The van der Waals surface area contributed by atoms with Crippen LogP contribution < -0.4 is 5.73 Å². The fraction of sp³-hybridized carbons (Fsp3) is 0.444. The zero-order valence-corrected chi connectivity index (χ0v) is 14.0. The molecule has 2 heterocycles. The van der Waals surface area contributed by atoms with Crippen LogP contribution in [-0.4, -0.2) is 33.1 Å². The molecule has 0 saturated heterocycles. The average molecular weight is 312 g/mol. The number of allylic oxidation sites excluding steroid dienone is 2. The molecule has 0 radical (unpaired) electrons. The maximum Gasteiger partial charge on any atom is 0.0786 e. The van der Waals surface area contributed by atoms with Gasteiger partial charge in [-0.2, -0.15) is 5.10 Å². The molecule has 5 nitrogen and oxygen atoms in total. The van der Waals surface area contributed by atoms with E-state index in [1.807, 2.05) is 36.1 Å². The van der Waals surface area contributed by atoms with Gasteiger partial charge in [-0.05, 0) is 62.8 Å². The molecule has 1 fully saturated rings. The zero-order valence-electron chi connectivity index (χ0n) is 14.0. The van der Waals surface area contributed by atoms with E-state index in [0.717, 1.165) is 40.8 Å². The summed E-state index contributed by atoms with van der Waals surface area (Å²) in [4.78, 5) is 4.41. The fourth-order valence-electron chi connectivity index (χ4n) is 2.56. The molecule has 1 aliphatic carbocycles. The molecule has 3 rings (SSSR count). The van der Waals surface area contributed by atoms with Crippen LogP contribution in [0.3, 0.4) is 0 Å². The van der Waals surface area contributed by atoms with Gasteiger partial charge < -0.3 is 10.8 Å². The molecule has 0 aliphatic heterocycles. The highest BCUT2D eigenvalue weighted by molar-refractivity contribution is 6.11. The minimum Gasteiger partial charge on any atom is -0.401 e. The van der Waals surface area contributed by atoms with Crippen LogP contribution in [0.2, 0.25) is 0 Å². The van der Waals surface area contributed by atoms with Crippen molar-refractivity contribution >= 4 is 17.3 Å². The average Bonchev–Trinajstić information content (AvgIpc) is 3.27. The van der Waals surface area contributed by atoms with Gasteiger partial charge in [-0.3, -0.25) is 4.99 Å². The number of aryl methyl sites for hydroxylation is 1. The lowest BCUT2D eigenvalue weighted by molar-refractivity contribution is 0.0906. The van der Waals surface area contributed by atoms with Crippen molar-refractivity contribution < 1.29 is 5.11 Å². The number of hydrogen-bond donors (Lipinski definition) is 2. The van der Waals surface area contributed by atoms with E-state index in [1.165, 1.54) is 0 Å². The van der Waals surface area contributed by atoms with Crippen LogP contribution in [0.4, 0.5) is 0 Å². The number of pyridine rings is 1. The monoisotopic (exact) mass is 312 g/mol. The smallest absolute Gasteiger partial charge is 0.0786 e. The second-order valence-electron chi connectivity index (χ2n) is 7.00. The maximum atomic E-state index is 9.84. The quantitative estimate of drug-likeness (QED) is 0.833. The zero-order chi connectivity index (χ0) is 16.6. The van der Waals surface area contributed by atoms with Crippen LogP contribution >= 0.6 is 0 Å². The third-order valence-electron chi connectivity index (χ3n) is 4.05. The molecule has 2 aromatic heterocycles. The minimum atomic E-state index is -0.818. The Morgan fingerprint density at radius 1 is 1.52 bits per heavy atom. The number of aliphatic hydroxyl groups is 1.